The van der Waals surface area contributed by atoms with Crippen molar-refractivity contribution in [3.05, 3.63) is 0 Å². The number of carbonyl (C=O) groups is 4. The monoisotopic (exact) mass is 608 g/mol. The number of fused-ring (bicyclic) bond motifs is 2. The lowest BCUT2D eigenvalue weighted by Gasteiger charge is -2.60. The fraction of sp³-hybridized carbons (Fsp3) is 0.826. The molecule has 3 aliphatic rings. The fourth-order valence-corrected chi connectivity index (χ4v) is 6.33. The van der Waals surface area contributed by atoms with Crippen LogP contribution in [0.25, 0.3) is 0 Å². The van der Waals surface area contributed by atoms with E-state index in [1.165, 1.54) is 0 Å². The van der Waals surface area contributed by atoms with Crippen LogP contribution in [0.4, 0.5) is 14.4 Å². The third kappa shape index (κ3) is 6.77. The summed E-state index contributed by atoms with van der Waals surface area (Å²) in [4.78, 5) is 59.7. The minimum Gasteiger partial charge on any atom is -0.465 e. The quantitative estimate of drug-likeness (QED) is 0.149. The van der Waals surface area contributed by atoms with Crippen LogP contribution in [0.1, 0.15) is 67.2 Å². The molecule has 2 bridgehead atoms. The van der Waals surface area contributed by atoms with Gasteiger partial charge in [0.05, 0.1) is 12.1 Å². The highest BCUT2D eigenvalue weighted by Crippen LogP contribution is 2.42. The molecule has 3 atom stereocenters. The SMILES string of the molecule is CC(C)(C)N(C(=O)O)C(NC(=O)O)(N1CCC(ONC(=O)[C@@H]2CC[C@@H]3CN2C(=O)N3OS(=O)(=O)O)CC1)C(C)(C)C. The number of likely N-dealkylation sites (tertiary alicyclic amines) is 1. The number of amides is 5. The van der Waals surface area contributed by atoms with Crippen LogP contribution in [0, 0.1) is 5.41 Å². The average Bonchev–Trinajstić information content (AvgIpc) is 3.03. The van der Waals surface area contributed by atoms with Crippen molar-refractivity contribution in [1.29, 1.82) is 0 Å². The lowest BCUT2D eigenvalue weighted by molar-refractivity contribution is -0.181. The number of carbonyl (C=O) groups excluding carboxylic acids is 2. The lowest BCUT2D eigenvalue weighted by Crippen LogP contribution is -2.80. The van der Waals surface area contributed by atoms with Gasteiger partial charge in [0.1, 0.15) is 6.04 Å². The van der Waals surface area contributed by atoms with E-state index in [1.807, 2.05) is 0 Å². The Balaban J connectivity index is 1.68. The number of hydrogen-bond acceptors (Lipinski definition) is 9. The number of carboxylic acid groups (broad SMARTS) is 2. The molecular formula is C23H40N6O11S. The van der Waals surface area contributed by atoms with Crippen LogP contribution >= 0.6 is 0 Å². The van der Waals surface area contributed by atoms with Crippen LogP contribution in [0.5, 0.6) is 0 Å². The molecule has 41 heavy (non-hydrogen) atoms. The zero-order valence-corrected chi connectivity index (χ0v) is 24.8. The van der Waals surface area contributed by atoms with Gasteiger partial charge in [0.25, 0.3) is 5.91 Å². The Hall–Kier alpha value is -2.93. The molecule has 5 N–H and O–H groups in total. The molecule has 3 saturated heterocycles. The molecule has 0 aromatic carbocycles. The Morgan fingerprint density at radius 3 is 2.05 bits per heavy atom. The average molecular weight is 609 g/mol. The Morgan fingerprint density at radius 2 is 1.59 bits per heavy atom. The highest BCUT2D eigenvalue weighted by atomic mass is 32.3. The second kappa shape index (κ2) is 11.4. The Kier molecular flexibility index (Phi) is 9.05. The van der Waals surface area contributed by atoms with Crippen molar-refractivity contribution in [2.24, 2.45) is 5.41 Å². The summed E-state index contributed by atoms with van der Waals surface area (Å²) in [5.41, 5.74) is 0.492. The van der Waals surface area contributed by atoms with Crippen LogP contribution in [0.2, 0.25) is 0 Å². The zero-order chi connectivity index (χ0) is 31.1. The van der Waals surface area contributed by atoms with Gasteiger partial charge in [0, 0.05) is 30.6 Å². The molecule has 0 saturated carbocycles. The summed E-state index contributed by atoms with van der Waals surface area (Å²) in [6.45, 7) is 10.8. The normalized spacial score (nSPS) is 24.1. The smallest absolute Gasteiger partial charge is 0.418 e. The molecule has 3 aliphatic heterocycles. The third-order valence-corrected chi connectivity index (χ3v) is 7.89. The molecule has 0 spiro atoms. The van der Waals surface area contributed by atoms with Crippen molar-refractivity contribution in [1.82, 2.24) is 30.6 Å². The van der Waals surface area contributed by atoms with Gasteiger partial charge in [-0.25, -0.2) is 19.9 Å². The molecule has 0 aromatic heterocycles. The van der Waals surface area contributed by atoms with E-state index in [4.69, 9.17) is 9.39 Å². The first-order valence-electron chi connectivity index (χ1n) is 13.2. The van der Waals surface area contributed by atoms with Gasteiger partial charge in [-0.1, -0.05) is 20.8 Å². The molecule has 3 fully saturated rings. The van der Waals surface area contributed by atoms with E-state index in [0.717, 1.165) is 9.80 Å². The molecule has 234 valence electrons. The first kappa shape index (κ1) is 32.6. The summed E-state index contributed by atoms with van der Waals surface area (Å²) in [5.74, 6) is -2.25. The second-order valence-corrected chi connectivity index (χ2v) is 13.4. The fourth-order valence-electron chi connectivity index (χ4n) is 5.94. The molecule has 17 nitrogen and oxygen atoms in total. The van der Waals surface area contributed by atoms with Crippen LogP contribution in [-0.2, 0) is 24.3 Å². The molecular weight excluding hydrogens is 568 g/mol. The zero-order valence-electron chi connectivity index (χ0n) is 24.0. The van der Waals surface area contributed by atoms with Crippen molar-refractivity contribution >= 4 is 34.5 Å². The van der Waals surface area contributed by atoms with E-state index in [1.54, 1.807) is 46.4 Å². The maximum atomic E-state index is 12.9. The highest BCUT2D eigenvalue weighted by Gasteiger charge is 2.58. The summed E-state index contributed by atoms with van der Waals surface area (Å²) >= 11 is 0. The Morgan fingerprint density at radius 1 is 1.00 bits per heavy atom. The van der Waals surface area contributed by atoms with E-state index >= 15 is 0 Å². The minimum absolute atomic E-state index is 0.0319. The number of hydroxylamine groups is 3. The summed E-state index contributed by atoms with van der Waals surface area (Å²) < 4.78 is 35.5. The van der Waals surface area contributed by atoms with Gasteiger partial charge in [-0.15, -0.1) is 4.28 Å². The van der Waals surface area contributed by atoms with Crippen LogP contribution in [0.15, 0.2) is 0 Å². The standard InChI is InChI=1S/C23H40N6O11S/c1-21(2,3)23(24-18(31)32,29(20(34)35)22(4,5)6)26-11-9-15(10-12-26)39-25-17(30)16-8-7-14-13-27(16)19(33)28(14)40-41(36,37)38/h14-16,24H,7-13H2,1-6H3,(H,25,30)(H,31,32)(H,34,35)(H,36,37,38)/t14-,16+,23?/m1/s1. The van der Waals surface area contributed by atoms with Gasteiger partial charge >= 0.3 is 28.6 Å². The number of nitrogens with one attached hydrogen (secondary N) is 2. The van der Waals surface area contributed by atoms with Gasteiger partial charge in [0.15, 0.2) is 5.79 Å². The topological polar surface area (TPSA) is 219 Å². The van der Waals surface area contributed by atoms with E-state index in [-0.39, 0.29) is 32.5 Å². The van der Waals surface area contributed by atoms with Gasteiger partial charge < -0.3 is 15.1 Å². The van der Waals surface area contributed by atoms with E-state index in [0.29, 0.717) is 17.9 Å². The van der Waals surface area contributed by atoms with Crippen molar-refractivity contribution in [2.75, 3.05) is 19.6 Å². The van der Waals surface area contributed by atoms with Crippen LogP contribution in [0.3, 0.4) is 0 Å². The minimum atomic E-state index is -4.91. The predicted octanol–water partition coefficient (Wildman–Crippen LogP) is 1.25. The van der Waals surface area contributed by atoms with Crippen molar-refractivity contribution in [3.8, 4) is 0 Å². The summed E-state index contributed by atoms with van der Waals surface area (Å²) in [5, 5.41) is 23.1. The van der Waals surface area contributed by atoms with Crippen molar-refractivity contribution in [3.63, 3.8) is 0 Å². The van der Waals surface area contributed by atoms with E-state index in [9.17, 15) is 37.8 Å². The first-order valence-corrected chi connectivity index (χ1v) is 14.6. The van der Waals surface area contributed by atoms with Gasteiger partial charge in [0.2, 0.25) is 0 Å². The number of hydrogen-bond donors (Lipinski definition) is 5. The van der Waals surface area contributed by atoms with Gasteiger partial charge in [-0.3, -0.25) is 29.3 Å². The van der Waals surface area contributed by atoms with Gasteiger partial charge in [-0.2, -0.15) is 13.5 Å². The van der Waals surface area contributed by atoms with E-state index in [2.05, 4.69) is 15.1 Å². The number of urea groups is 1. The summed E-state index contributed by atoms with van der Waals surface area (Å²) in [6, 6.07) is -2.46. The van der Waals surface area contributed by atoms with Gasteiger partial charge in [-0.05, 0) is 46.5 Å². The largest absolute Gasteiger partial charge is 0.465 e. The molecule has 3 rings (SSSR count). The lowest BCUT2D eigenvalue weighted by atomic mass is 9.80. The molecule has 0 aromatic rings. The third-order valence-electron chi connectivity index (χ3n) is 7.54. The maximum Gasteiger partial charge on any atom is 0.418 e. The molecule has 5 amide bonds. The second-order valence-electron chi connectivity index (χ2n) is 12.4. The molecule has 1 unspecified atom stereocenters. The highest BCUT2D eigenvalue weighted by molar-refractivity contribution is 7.80. The van der Waals surface area contributed by atoms with Crippen LogP contribution in [-0.4, -0.2) is 116 Å². The summed E-state index contributed by atoms with van der Waals surface area (Å²) in [7, 11) is -4.91. The van der Waals surface area contributed by atoms with Crippen molar-refractivity contribution < 1.29 is 51.5 Å². The molecule has 0 aliphatic carbocycles. The number of nitrogens with zero attached hydrogens (tertiary/aromatic N) is 4. The number of piperidine rings is 2. The predicted molar refractivity (Wildman–Crippen MR) is 140 cm³/mol. The first-order chi connectivity index (χ1) is 18.7. The Labute approximate surface area is 238 Å². The maximum absolute atomic E-state index is 12.9. The molecule has 3 heterocycles. The number of rotatable bonds is 8. The van der Waals surface area contributed by atoms with Crippen LogP contribution < -0.4 is 10.8 Å². The van der Waals surface area contributed by atoms with E-state index < -0.39 is 69.5 Å². The molecule has 0 radical (unpaired) electrons. The Bertz CT molecular complexity index is 1150. The summed E-state index contributed by atoms with van der Waals surface area (Å²) in [6.07, 6.45) is -2.05. The van der Waals surface area contributed by atoms with Crippen molar-refractivity contribution in [2.45, 2.75) is 96.7 Å². The molecule has 18 heteroatoms.